The number of nitrogens with one attached hydrogen (secondary N) is 1. The molecule has 1 unspecified atom stereocenters. The molecule has 1 atom stereocenters. The van der Waals surface area contributed by atoms with Crippen LogP contribution in [0.15, 0.2) is 41.7 Å². The highest BCUT2D eigenvalue weighted by molar-refractivity contribution is 14.0. The van der Waals surface area contributed by atoms with Gasteiger partial charge >= 0.3 is 0 Å². The van der Waals surface area contributed by atoms with Crippen LogP contribution in [0.1, 0.15) is 18.6 Å². The van der Waals surface area contributed by atoms with Crippen LogP contribution >= 0.6 is 24.0 Å². The Kier molecular flexibility index (Phi) is 8.90. The fourth-order valence-electron chi connectivity index (χ4n) is 3.23. The number of piperazine rings is 1. The number of hydrogen-bond donors (Lipinski definition) is 2. The maximum atomic E-state index is 12.7. The molecule has 9 nitrogen and oxygen atoms in total. The first-order valence-corrected chi connectivity index (χ1v) is 9.66. The molecule has 1 fully saturated rings. The minimum atomic E-state index is -0.758. The van der Waals surface area contributed by atoms with E-state index in [9.17, 15) is 9.90 Å². The van der Waals surface area contributed by atoms with Crippen LogP contribution in [0.5, 0.6) is 5.75 Å². The Labute approximate surface area is 193 Å². The van der Waals surface area contributed by atoms with E-state index in [1.165, 1.54) is 0 Å². The van der Waals surface area contributed by atoms with Gasteiger partial charge in [-0.15, -0.1) is 24.0 Å². The molecule has 0 radical (unpaired) electrons. The molecular weight excluding hydrogens is 499 g/mol. The number of anilines is 1. The summed E-state index contributed by atoms with van der Waals surface area (Å²) in [6.45, 7) is 4.24. The second-order valence-electron chi connectivity index (χ2n) is 6.83. The van der Waals surface area contributed by atoms with Crippen molar-refractivity contribution in [1.82, 2.24) is 20.0 Å². The smallest absolute Gasteiger partial charge is 0.246 e. The van der Waals surface area contributed by atoms with Crippen LogP contribution in [0, 0.1) is 0 Å². The molecule has 0 aliphatic carbocycles. The molecule has 0 saturated carbocycles. The highest BCUT2D eigenvalue weighted by Crippen LogP contribution is 2.20. The molecule has 0 spiro atoms. The number of benzene rings is 1. The quantitative estimate of drug-likeness (QED) is 0.335. The standard InChI is InChI=1S/C20H28N6O3.HI/c1-4-21-20(22-12-18(27)15-6-5-7-17(10-15)29-3)25-8-9-26(19(28)14-25)16-11-23-24(2)13-16;/h5-7,10-11,13,18,27H,4,8-9,12,14H2,1-3H3,(H,21,22);1H. The van der Waals surface area contributed by atoms with Crippen molar-refractivity contribution in [3.8, 4) is 5.75 Å². The second-order valence-corrected chi connectivity index (χ2v) is 6.83. The lowest BCUT2D eigenvalue weighted by Gasteiger charge is -2.35. The summed E-state index contributed by atoms with van der Waals surface area (Å²) in [7, 11) is 3.42. The van der Waals surface area contributed by atoms with E-state index in [4.69, 9.17) is 4.74 Å². The SMILES string of the molecule is CCNC(=NCC(O)c1cccc(OC)c1)N1CCN(c2cnn(C)c2)C(=O)C1.I. The van der Waals surface area contributed by atoms with Gasteiger partial charge < -0.3 is 25.0 Å². The number of aliphatic imine (C=N–C) groups is 1. The fraction of sp³-hybridized carbons (Fsp3) is 0.450. The lowest BCUT2D eigenvalue weighted by atomic mass is 10.1. The van der Waals surface area contributed by atoms with Gasteiger partial charge in [0.05, 0.1) is 31.6 Å². The van der Waals surface area contributed by atoms with Gasteiger partial charge in [0.2, 0.25) is 5.91 Å². The molecule has 30 heavy (non-hydrogen) atoms. The molecule has 0 bridgehead atoms. The number of ether oxygens (including phenoxy) is 1. The minimum Gasteiger partial charge on any atom is -0.497 e. The zero-order chi connectivity index (χ0) is 20.8. The third kappa shape index (κ3) is 5.85. The van der Waals surface area contributed by atoms with Gasteiger partial charge in [-0.25, -0.2) is 0 Å². The summed E-state index contributed by atoms with van der Waals surface area (Å²) in [5, 5.41) is 17.9. The first kappa shape index (κ1) is 23.9. The average molecular weight is 528 g/mol. The van der Waals surface area contributed by atoms with Crippen LogP contribution < -0.4 is 15.0 Å². The first-order chi connectivity index (χ1) is 14.0. The zero-order valence-electron chi connectivity index (χ0n) is 17.5. The summed E-state index contributed by atoms with van der Waals surface area (Å²) < 4.78 is 6.89. The molecule has 2 aromatic rings. The molecule has 10 heteroatoms. The zero-order valence-corrected chi connectivity index (χ0v) is 19.8. The van der Waals surface area contributed by atoms with E-state index in [-0.39, 0.29) is 43.0 Å². The van der Waals surface area contributed by atoms with Gasteiger partial charge in [0.25, 0.3) is 0 Å². The molecule has 1 aliphatic rings. The van der Waals surface area contributed by atoms with Crippen molar-refractivity contribution < 1.29 is 14.6 Å². The Morgan fingerprint density at radius 1 is 1.40 bits per heavy atom. The summed E-state index contributed by atoms with van der Waals surface area (Å²) in [5.41, 5.74) is 1.54. The molecule has 3 rings (SSSR count). The molecule has 2 heterocycles. The molecule has 1 aromatic carbocycles. The molecule has 1 saturated heterocycles. The first-order valence-electron chi connectivity index (χ1n) is 9.66. The number of carbonyl (C=O) groups excluding carboxylic acids is 1. The van der Waals surface area contributed by atoms with E-state index in [1.807, 2.05) is 43.3 Å². The van der Waals surface area contributed by atoms with Crippen molar-refractivity contribution in [2.24, 2.45) is 12.0 Å². The Bertz CT molecular complexity index is 872. The average Bonchev–Trinajstić information content (AvgIpc) is 3.16. The highest BCUT2D eigenvalue weighted by atomic mass is 127. The summed E-state index contributed by atoms with van der Waals surface area (Å²) in [6, 6.07) is 7.30. The van der Waals surface area contributed by atoms with E-state index in [2.05, 4.69) is 15.4 Å². The van der Waals surface area contributed by atoms with E-state index >= 15 is 0 Å². The van der Waals surface area contributed by atoms with E-state index < -0.39 is 6.10 Å². The predicted octanol–water partition coefficient (Wildman–Crippen LogP) is 1.39. The van der Waals surface area contributed by atoms with E-state index in [0.29, 0.717) is 31.3 Å². The van der Waals surface area contributed by atoms with Gasteiger partial charge in [0.1, 0.15) is 12.3 Å². The van der Waals surface area contributed by atoms with Crippen molar-refractivity contribution in [2.75, 3.05) is 44.7 Å². The van der Waals surface area contributed by atoms with Gasteiger partial charge in [0.15, 0.2) is 5.96 Å². The highest BCUT2D eigenvalue weighted by Gasteiger charge is 2.27. The third-order valence-corrected chi connectivity index (χ3v) is 4.75. The predicted molar refractivity (Wildman–Crippen MR) is 126 cm³/mol. The summed E-state index contributed by atoms with van der Waals surface area (Å²) in [4.78, 5) is 20.9. The number of hydrogen-bond acceptors (Lipinski definition) is 5. The number of aliphatic hydroxyl groups excluding tert-OH is 1. The van der Waals surface area contributed by atoms with E-state index in [0.717, 1.165) is 11.3 Å². The third-order valence-electron chi connectivity index (χ3n) is 4.75. The molecule has 1 aliphatic heterocycles. The number of guanidine groups is 1. The van der Waals surface area contributed by atoms with Crippen molar-refractivity contribution in [3.05, 3.63) is 42.2 Å². The van der Waals surface area contributed by atoms with Crippen LogP contribution in [0.25, 0.3) is 0 Å². The van der Waals surface area contributed by atoms with E-state index in [1.54, 1.807) is 29.0 Å². The number of carbonyl (C=O) groups is 1. The van der Waals surface area contributed by atoms with Crippen LogP contribution in [0.3, 0.4) is 0 Å². The van der Waals surface area contributed by atoms with Crippen molar-refractivity contribution in [3.63, 3.8) is 0 Å². The molecule has 1 amide bonds. The van der Waals surface area contributed by atoms with Crippen LogP contribution in [0.2, 0.25) is 0 Å². The number of aromatic nitrogens is 2. The van der Waals surface area contributed by atoms with Crippen LogP contribution in [-0.4, -0.2) is 71.5 Å². The fourth-order valence-corrected chi connectivity index (χ4v) is 3.23. The van der Waals surface area contributed by atoms with Gasteiger partial charge in [-0.3, -0.25) is 14.5 Å². The lowest BCUT2D eigenvalue weighted by Crippen LogP contribution is -2.55. The topological polar surface area (TPSA) is 95.2 Å². The Morgan fingerprint density at radius 2 is 2.20 bits per heavy atom. The lowest BCUT2D eigenvalue weighted by molar-refractivity contribution is -0.120. The maximum absolute atomic E-state index is 12.7. The Hall–Kier alpha value is -2.34. The monoisotopic (exact) mass is 528 g/mol. The normalized spacial score (nSPS) is 15.6. The summed E-state index contributed by atoms with van der Waals surface area (Å²) in [5.74, 6) is 1.30. The number of rotatable bonds is 6. The largest absolute Gasteiger partial charge is 0.497 e. The minimum absolute atomic E-state index is 0. The van der Waals surface area contributed by atoms with Gasteiger partial charge in [0, 0.05) is 32.9 Å². The van der Waals surface area contributed by atoms with Crippen LogP contribution in [-0.2, 0) is 11.8 Å². The van der Waals surface area contributed by atoms with Crippen molar-refractivity contribution >= 4 is 41.5 Å². The molecule has 164 valence electrons. The van der Waals surface area contributed by atoms with Gasteiger partial charge in [-0.05, 0) is 24.6 Å². The number of nitrogens with zero attached hydrogens (tertiary/aromatic N) is 5. The number of methoxy groups -OCH3 is 1. The maximum Gasteiger partial charge on any atom is 0.246 e. The molecule has 1 aromatic heterocycles. The summed E-state index contributed by atoms with van der Waals surface area (Å²) >= 11 is 0. The number of halogens is 1. The van der Waals surface area contributed by atoms with Crippen molar-refractivity contribution in [2.45, 2.75) is 13.0 Å². The summed E-state index contributed by atoms with van der Waals surface area (Å²) in [6.07, 6.45) is 2.76. The Balaban J connectivity index is 0.00000320. The number of aliphatic hydroxyl groups is 1. The van der Waals surface area contributed by atoms with Gasteiger partial charge in [-0.1, -0.05) is 12.1 Å². The number of aryl methyl sites for hydroxylation is 1. The Morgan fingerprint density at radius 3 is 2.83 bits per heavy atom. The second kappa shape index (κ2) is 11.2. The van der Waals surface area contributed by atoms with Gasteiger partial charge in [-0.2, -0.15) is 5.10 Å². The van der Waals surface area contributed by atoms with Crippen LogP contribution in [0.4, 0.5) is 5.69 Å². The number of amides is 1. The molecular formula is C20H29IN6O3. The molecule has 2 N–H and O–H groups in total. The van der Waals surface area contributed by atoms with Crippen molar-refractivity contribution in [1.29, 1.82) is 0 Å².